The smallest absolute Gasteiger partial charge is 0.356 e. The van der Waals surface area contributed by atoms with Crippen molar-refractivity contribution in [3.63, 3.8) is 0 Å². The number of rotatable bonds is 6. The Morgan fingerprint density at radius 1 is 1.62 bits per heavy atom. The molecule has 0 radical (unpaired) electrons. The quantitative estimate of drug-likeness (QED) is 0.678. The molecule has 0 aliphatic rings. The van der Waals surface area contributed by atoms with Crippen molar-refractivity contribution < 1.29 is 14.7 Å². The average Bonchev–Trinajstić information content (AvgIpc) is 2.72. The fraction of sp³-hybridized carbons (Fsp3) is 0.300. The van der Waals surface area contributed by atoms with Crippen LogP contribution in [0.2, 0.25) is 0 Å². The number of carbonyl (C=O) groups excluding carboxylic acids is 1. The van der Waals surface area contributed by atoms with E-state index in [2.05, 4.69) is 17.0 Å². The molecule has 1 aromatic rings. The number of aromatic carboxylic acids is 1. The highest BCUT2D eigenvalue weighted by Crippen LogP contribution is 1.96. The van der Waals surface area contributed by atoms with Gasteiger partial charge in [-0.25, -0.2) is 4.79 Å². The van der Waals surface area contributed by atoms with Crippen molar-refractivity contribution in [1.29, 1.82) is 0 Å². The van der Waals surface area contributed by atoms with Gasteiger partial charge in [0.25, 0.3) is 0 Å². The van der Waals surface area contributed by atoms with Gasteiger partial charge in [0.15, 0.2) is 5.69 Å². The van der Waals surface area contributed by atoms with Gasteiger partial charge < -0.3 is 10.4 Å². The Bertz CT molecular complexity index is 398. The molecule has 0 fully saturated rings. The van der Waals surface area contributed by atoms with Gasteiger partial charge >= 0.3 is 5.97 Å². The number of hydrogen-bond donors (Lipinski definition) is 2. The van der Waals surface area contributed by atoms with Crippen LogP contribution in [0.5, 0.6) is 0 Å². The normalized spacial score (nSPS) is 9.75. The highest BCUT2D eigenvalue weighted by Gasteiger charge is 2.07. The van der Waals surface area contributed by atoms with Gasteiger partial charge in [0.1, 0.15) is 0 Å². The maximum atomic E-state index is 11.2. The molecule has 1 aromatic heterocycles. The lowest BCUT2D eigenvalue weighted by Crippen LogP contribution is -2.24. The fourth-order valence-corrected chi connectivity index (χ4v) is 1.09. The van der Waals surface area contributed by atoms with Crippen molar-refractivity contribution in [2.45, 2.75) is 13.0 Å². The van der Waals surface area contributed by atoms with E-state index >= 15 is 0 Å². The Balaban J connectivity index is 2.39. The zero-order valence-electron chi connectivity index (χ0n) is 8.72. The molecule has 86 valence electrons. The third kappa shape index (κ3) is 3.56. The summed E-state index contributed by atoms with van der Waals surface area (Å²) in [7, 11) is 0. The second kappa shape index (κ2) is 5.69. The Hall–Kier alpha value is -2.11. The Morgan fingerprint density at radius 2 is 2.38 bits per heavy atom. The fourth-order valence-electron chi connectivity index (χ4n) is 1.09. The van der Waals surface area contributed by atoms with E-state index in [-0.39, 0.29) is 18.0 Å². The summed E-state index contributed by atoms with van der Waals surface area (Å²) < 4.78 is 1.43. The lowest BCUT2D eigenvalue weighted by Gasteiger charge is -2.02. The van der Waals surface area contributed by atoms with E-state index < -0.39 is 5.97 Å². The first kappa shape index (κ1) is 12.0. The van der Waals surface area contributed by atoms with Crippen LogP contribution in [0.15, 0.2) is 24.9 Å². The number of aryl methyl sites for hydroxylation is 1. The van der Waals surface area contributed by atoms with Crippen LogP contribution in [0.1, 0.15) is 16.9 Å². The molecule has 0 atom stereocenters. The molecule has 0 spiro atoms. The lowest BCUT2D eigenvalue weighted by atomic mass is 10.4. The van der Waals surface area contributed by atoms with Gasteiger partial charge in [0, 0.05) is 25.7 Å². The molecule has 1 amide bonds. The van der Waals surface area contributed by atoms with Crippen molar-refractivity contribution in [2.75, 3.05) is 6.54 Å². The molecule has 0 aromatic carbocycles. The summed E-state index contributed by atoms with van der Waals surface area (Å²) in [5, 5.41) is 15.0. The molecule has 0 aliphatic heterocycles. The summed E-state index contributed by atoms with van der Waals surface area (Å²) in [5.41, 5.74) is -0.0218. The molecule has 0 aliphatic carbocycles. The maximum absolute atomic E-state index is 11.2. The Kier molecular flexibility index (Phi) is 4.26. The molecule has 2 N–H and O–H groups in total. The summed E-state index contributed by atoms with van der Waals surface area (Å²) in [6, 6.07) is 1.39. The average molecular weight is 223 g/mol. The van der Waals surface area contributed by atoms with E-state index in [0.717, 1.165) is 0 Å². The van der Waals surface area contributed by atoms with Crippen molar-refractivity contribution in [1.82, 2.24) is 15.1 Å². The standard InChI is InChI=1S/C10H13N3O3/c1-2-5-11-9(14)4-7-13-6-3-8(12-13)10(15)16/h2-3,6H,1,4-5,7H2,(H,11,14)(H,15,16). The number of carboxylic acids is 1. The van der Waals surface area contributed by atoms with Crippen molar-refractivity contribution >= 4 is 11.9 Å². The van der Waals surface area contributed by atoms with Gasteiger partial charge in [0.2, 0.25) is 5.91 Å². The van der Waals surface area contributed by atoms with Gasteiger partial charge in [-0.3, -0.25) is 9.48 Å². The highest BCUT2D eigenvalue weighted by atomic mass is 16.4. The predicted molar refractivity (Wildman–Crippen MR) is 57.0 cm³/mol. The molecular weight excluding hydrogens is 210 g/mol. The molecule has 0 saturated carbocycles. The third-order valence-electron chi connectivity index (χ3n) is 1.87. The topological polar surface area (TPSA) is 84.2 Å². The van der Waals surface area contributed by atoms with Crippen molar-refractivity contribution in [3.8, 4) is 0 Å². The predicted octanol–water partition coefficient (Wildman–Crippen LogP) is 0.274. The number of carbonyl (C=O) groups is 2. The number of hydrogen-bond acceptors (Lipinski definition) is 3. The van der Waals surface area contributed by atoms with E-state index in [0.29, 0.717) is 13.1 Å². The van der Waals surface area contributed by atoms with Crippen LogP contribution in [-0.4, -0.2) is 33.3 Å². The van der Waals surface area contributed by atoms with Crippen molar-refractivity contribution in [2.24, 2.45) is 0 Å². The molecule has 16 heavy (non-hydrogen) atoms. The number of nitrogens with one attached hydrogen (secondary N) is 1. The number of carboxylic acid groups (broad SMARTS) is 1. The first-order valence-corrected chi connectivity index (χ1v) is 4.78. The minimum Gasteiger partial charge on any atom is -0.476 e. The van der Waals surface area contributed by atoms with E-state index in [1.807, 2.05) is 0 Å². The number of amides is 1. The van der Waals surface area contributed by atoms with Crippen LogP contribution < -0.4 is 5.32 Å². The molecule has 6 heteroatoms. The highest BCUT2D eigenvalue weighted by molar-refractivity contribution is 5.85. The molecular formula is C10H13N3O3. The SMILES string of the molecule is C=CCNC(=O)CCn1ccc(C(=O)O)n1. The summed E-state index contributed by atoms with van der Waals surface area (Å²) in [6.45, 7) is 4.26. The summed E-state index contributed by atoms with van der Waals surface area (Å²) in [4.78, 5) is 21.7. The third-order valence-corrected chi connectivity index (χ3v) is 1.87. The van der Waals surface area contributed by atoms with E-state index in [4.69, 9.17) is 5.11 Å². The summed E-state index contributed by atoms with van der Waals surface area (Å²) in [6.07, 6.45) is 3.38. The lowest BCUT2D eigenvalue weighted by molar-refractivity contribution is -0.121. The minimum absolute atomic E-state index is 0.0218. The van der Waals surface area contributed by atoms with E-state index in [9.17, 15) is 9.59 Å². The first-order valence-electron chi connectivity index (χ1n) is 4.78. The molecule has 1 rings (SSSR count). The maximum Gasteiger partial charge on any atom is 0.356 e. The largest absolute Gasteiger partial charge is 0.476 e. The number of nitrogens with zero attached hydrogens (tertiary/aromatic N) is 2. The van der Waals surface area contributed by atoms with Gasteiger partial charge in [-0.1, -0.05) is 6.08 Å². The van der Waals surface area contributed by atoms with Crippen LogP contribution in [0, 0.1) is 0 Å². The second-order valence-electron chi connectivity index (χ2n) is 3.11. The Labute approximate surface area is 92.6 Å². The van der Waals surface area contributed by atoms with Gasteiger partial charge in [-0.15, -0.1) is 6.58 Å². The first-order chi connectivity index (χ1) is 7.63. The van der Waals surface area contributed by atoms with E-state index in [1.54, 1.807) is 6.08 Å². The van der Waals surface area contributed by atoms with Crippen molar-refractivity contribution in [3.05, 3.63) is 30.6 Å². The molecule has 0 saturated heterocycles. The van der Waals surface area contributed by atoms with Gasteiger partial charge in [-0.05, 0) is 6.07 Å². The molecule has 0 unspecified atom stereocenters. The molecule has 1 heterocycles. The van der Waals surface area contributed by atoms with Crippen LogP contribution in [0.25, 0.3) is 0 Å². The summed E-state index contributed by atoms with van der Waals surface area (Å²) >= 11 is 0. The van der Waals surface area contributed by atoms with Crippen LogP contribution in [0.3, 0.4) is 0 Å². The molecule has 0 bridgehead atoms. The van der Waals surface area contributed by atoms with Gasteiger partial charge in [0.05, 0.1) is 0 Å². The second-order valence-corrected chi connectivity index (χ2v) is 3.11. The Morgan fingerprint density at radius 3 is 2.94 bits per heavy atom. The summed E-state index contributed by atoms with van der Waals surface area (Å²) in [5.74, 6) is -1.19. The van der Waals surface area contributed by atoms with Crippen LogP contribution >= 0.6 is 0 Å². The zero-order valence-corrected chi connectivity index (χ0v) is 8.72. The number of aromatic nitrogens is 2. The molecule has 6 nitrogen and oxygen atoms in total. The monoisotopic (exact) mass is 223 g/mol. The zero-order chi connectivity index (χ0) is 12.0. The van der Waals surface area contributed by atoms with Crippen LogP contribution in [0.4, 0.5) is 0 Å². The minimum atomic E-state index is -1.07. The van der Waals surface area contributed by atoms with Gasteiger partial charge in [-0.2, -0.15) is 5.10 Å². The van der Waals surface area contributed by atoms with Crippen LogP contribution in [-0.2, 0) is 11.3 Å². The van der Waals surface area contributed by atoms with E-state index in [1.165, 1.54) is 16.9 Å².